The van der Waals surface area contributed by atoms with Crippen LogP contribution < -0.4 is 5.32 Å². The molecule has 0 aromatic heterocycles. The minimum absolute atomic E-state index is 0.0116. The molecule has 0 radical (unpaired) electrons. The van der Waals surface area contributed by atoms with Gasteiger partial charge in [-0.3, -0.25) is 4.79 Å². The van der Waals surface area contributed by atoms with E-state index in [1.165, 1.54) is 0 Å². The summed E-state index contributed by atoms with van der Waals surface area (Å²) in [6, 6.07) is 1.11. The molecule has 0 spiro atoms. The van der Waals surface area contributed by atoms with Gasteiger partial charge in [0, 0.05) is 12.6 Å². The number of nitrogens with one attached hydrogen (secondary N) is 1. The number of amides is 1. The Balaban J connectivity index is 2.98. The maximum Gasteiger partial charge on any atom is 0.336 e. The molecule has 0 heterocycles. The number of carbonyl (C=O) groups excluding carboxylic acids is 1. The lowest BCUT2D eigenvalue weighted by Crippen LogP contribution is -2.38. The Morgan fingerprint density at radius 1 is 1.25 bits per heavy atom. The summed E-state index contributed by atoms with van der Waals surface area (Å²) < 4.78 is 26.2. The highest BCUT2D eigenvalue weighted by Gasteiger charge is 2.20. The number of hydrogen-bond acceptors (Lipinski definition) is 3. The molecule has 0 saturated heterocycles. The van der Waals surface area contributed by atoms with E-state index in [1.807, 2.05) is 25.9 Å². The molecule has 1 aromatic rings. The van der Waals surface area contributed by atoms with Crippen molar-refractivity contribution in [3.8, 4) is 0 Å². The van der Waals surface area contributed by atoms with Gasteiger partial charge in [-0.15, -0.1) is 0 Å². The average molecular weight is 286 g/mol. The average Bonchev–Trinajstić information content (AvgIpc) is 2.37. The summed E-state index contributed by atoms with van der Waals surface area (Å²) in [5, 5.41) is 11.4. The van der Waals surface area contributed by atoms with E-state index in [0.29, 0.717) is 12.1 Å². The van der Waals surface area contributed by atoms with Crippen LogP contribution in [0.1, 0.15) is 27.6 Å². The number of benzene rings is 1. The number of carboxylic acids is 1. The van der Waals surface area contributed by atoms with Gasteiger partial charge in [0.25, 0.3) is 5.91 Å². The molecule has 0 bridgehead atoms. The maximum atomic E-state index is 13.2. The SMILES string of the molecule is CC(CNC(=O)c1cc(F)c(F)cc1C(=O)O)N(C)C. The molecular formula is C13H16F2N2O3. The second-order valence-electron chi connectivity index (χ2n) is 4.64. The van der Waals surface area contributed by atoms with Gasteiger partial charge in [-0.05, 0) is 33.2 Å². The molecule has 2 N–H and O–H groups in total. The van der Waals surface area contributed by atoms with Crippen molar-refractivity contribution in [1.82, 2.24) is 10.2 Å². The van der Waals surface area contributed by atoms with Crippen LogP contribution in [-0.4, -0.2) is 48.6 Å². The number of halogens is 2. The largest absolute Gasteiger partial charge is 0.478 e. The monoisotopic (exact) mass is 286 g/mol. The van der Waals surface area contributed by atoms with Crippen molar-refractivity contribution in [2.24, 2.45) is 0 Å². The topological polar surface area (TPSA) is 69.6 Å². The number of aromatic carboxylic acids is 1. The molecule has 1 aromatic carbocycles. The standard InChI is InChI=1S/C13H16F2N2O3/c1-7(17(2)3)6-16-12(18)8-4-10(14)11(15)5-9(8)13(19)20/h4-5,7H,6H2,1-3H3,(H,16,18)(H,19,20). The van der Waals surface area contributed by atoms with Gasteiger partial charge in [0.15, 0.2) is 11.6 Å². The smallest absolute Gasteiger partial charge is 0.336 e. The van der Waals surface area contributed by atoms with Crippen molar-refractivity contribution >= 4 is 11.9 Å². The summed E-state index contributed by atoms with van der Waals surface area (Å²) in [4.78, 5) is 24.7. The first-order chi connectivity index (χ1) is 9.23. The van der Waals surface area contributed by atoms with Gasteiger partial charge < -0.3 is 15.3 Å². The predicted molar refractivity (Wildman–Crippen MR) is 68.8 cm³/mol. The lowest BCUT2D eigenvalue weighted by atomic mass is 10.1. The fourth-order valence-electron chi connectivity index (χ4n) is 1.43. The summed E-state index contributed by atoms with van der Waals surface area (Å²) in [7, 11) is 3.63. The fourth-order valence-corrected chi connectivity index (χ4v) is 1.43. The third-order valence-electron chi connectivity index (χ3n) is 2.98. The van der Waals surface area contributed by atoms with Gasteiger partial charge in [-0.1, -0.05) is 0 Å². The van der Waals surface area contributed by atoms with Crippen molar-refractivity contribution in [1.29, 1.82) is 0 Å². The maximum absolute atomic E-state index is 13.2. The van der Waals surface area contributed by atoms with Crippen LogP contribution in [0.5, 0.6) is 0 Å². The Labute approximate surface area is 115 Å². The zero-order chi connectivity index (χ0) is 15.4. The molecule has 1 amide bonds. The van der Waals surface area contributed by atoms with E-state index < -0.39 is 34.6 Å². The molecule has 1 unspecified atom stereocenters. The van der Waals surface area contributed by atoms with Crippen molar-refractivity contribution in [2.45, 2.75) is 13.0 Å². The fraction of sp³-hybridized carbons (Fsp3) is 0.385. The molecule has 1 rings (SSSR count). The molecule has 0 aliphatic rings. The summed E-state index contributed by atoms with van der Waals surface area (Å²) >= 11 is 0. The molecule has 20 heavy (non-hydrogen) atoms. The molecule has 0 fully saturated rings. The van der Waals surface area contributed by atoms with Gasteiger partial charge in [0.05, 0.1) is 11.1 Å². The van der Waals surface area contributed by atoms with E-state index in [9.17, 15) is 18.4 Å². The molecule has 0 saturated carbocycles. The van der Waals surface area contributed by atoms with E-state index in [2.05, 4.69) is 5.32 Å². The lowest BCUT2D eigenvalue weighted by Gasteiger charge is -2.20. The highest BCUT2D eigenvalue weighted by Crippen LogP contribution is 2.15. The quantitative estimate of drug-likeness (QED) is 0.857. The second kappa shape index (κ2) is 6.42. The molecule has 0 aliphatic heterocycles. The molecular weight excluding hydrogens is 270 g/mol. The van der Waals surface area contributed by atoms with Crippen molar-refractivity contribution in [2.75, 3.05) is 20.6 Å². The summed E-state index contributed by atoms with van der Waals surface area (Å²) in [6.07, 6.45) is 0. The molecule has 1 atom stereocenters. The Hall–Kier alpha value is -2.02. The first kappa shape index (κ1) is 16.0. The van der Waals surface area contributed by atoms with Crippen LogP contribution >= 0.6 is 0 Å². The van der Waals surface area contributed by atoms with Gasteiger partial charge in [0.2, 0.25) is 0 Å². The Kier molecular flexibility index (Phi) is 5.15. The molecule has 7 heteroatoms. The first-order valence-electron chi connectivity index (χ1n) is 5.91. The minimum Gasteiger partial charge on any atom is -0.478 e. The minimum atomic E-state index is -1.49. The zero-order valence-electron chi connectivity index (χ0n) is 11.4. The van der Waals surface area contributed by atoms with Crippen molar-refractivity contribution in [3.05, 3.63) is 34.9 Å². The Morgan fingerprint density at radius 3 is 2.20 bits per heavy atom. The highest BCUT2D eigenvalue weighted by molar-refractivity contribution is 6.04. The van der Waals surface area contributed by atoms with E-state index in [1.54, 1.807) is 0 Å². The summed E-state index contributed by atoms with van der Waals surface area (Å²) in [5.74, 6) is -4.81. The van der Waals surface area contributed by atoms with Crippen LogP contribution in [0, 0.1) is 11.6 Å². The third-order valence-corrected chi connectivity index (χ3v) is 2.98. The van der Waals surface area contributed by atoms with Crippen LogP contribution in [0.25, 0.3) is 0 Å². The number of carbonyl (C=O) groups is 2. The van der Waals surface area contributed by atoms with E-state index >= 15 is 0 Å². The van der Waals surface area contributed by atoms with Crippen LogP contribution in [0.3, 0.4) is 0 Å². The van der Waals surface area contributed by atoms with E-state index in [4.69, 9.17) is 5.11 Å². The van der Waals surface area contributed by atoms with Crippen LogP contribution in [-0.2, 0) is 0 Å². The van der Waals surface area contributed by atoms with Gasteiger partial charge in [0.1, 0.15) is 0 Å². The summed E-state index contributed by atoms with van der Waals surface area (Å²) in [6.45, 7) is 2.10. The summed E-state index contributed by atoms with van der Waals surface area (Å²) in [5.41, 5.74) is -0.971. The highest BCUT2D eigenvalue weighted by atomic mass is 19.2. The van der Waals surface area contributed by atoms with Crippen LogP contribution in [0.2, 0.25) is 0 Å². The second-order valence-corrected chi connectivity index (χ2v) is 4.64. The zero-order valence-corrected chi connectivity index (χ0v) is 11.4. The number of hydrogen-bond donors (Lipinski definition) is 2. The molecule has 5 nitrogen and oxygen atoms in total. The van der Waals surface area contributed by atoms with Crippen LogP contribution in [0.4, 0.5) is 8.78 Å². The Bertz CT molecular complexity index is 533. The number of rotatable bonds is 5. The van der Waals surface area contributed by atoms with Crippen molar-refractivity contribution < 1.29 is 23.5 Å². The van der Waals surface area contributed by atoms with E-state index in [-0.39, 0.29) is 12.6 Å². The van der Waals surface area contributed by atoms with E-state index in [0.717, 1.165) is 0 Å². The van der Waals surface area contributed by atoms with Crippen LogP contribution in [0.15, 0.2) is 12.1 Å². The van der Waals surface area contributed by atoms with Gasteiger partial charge >= 0.3 is 5.97 Å². The van der Waals surface area contributed by atoms with Gasteiger partial charge in [-0.2, -0.15) is 0 Å². The van der Waals surface area contributed by atoms with Gasteiger partial charge in [-0.25, -0.2) is 13.6 Å². The molecule has 110 valence electrons. The molecule has 0 aliphatic carbocycles. The predicted octanol–water partition coefficient (Wildman–Crippen LogP) is 1.34. The normalized spacial score (nSPS) is 12.3. The first-order valence-corrected chi connectivity index (χ1v) is 5.91. The Morgan fingerprint density at radius 2 is 1.75 bits per heavy atom. The number of likely N-dealkylation sites (N-methyl/N-ethyl adjacent to an activating group) is 1. The lowest BCUT2D eigenvalue weighted by molar-refractivity contribution is 0.0690. The number of nitrogens with zero attached hydrogens (tertiary/aromatic N) is 1. The van der Waals surface area contributed by atoms with Crippen molar-refractivity contribution in [3.63, 3.8) is 0 Å². The number of carboxylic acid groups (broad SMARTS) is 1. The third kappa shape index (κ3) is 3.74.